The second-order valence-corrected chi connectivity index (χ2v) is 1.90. The lowest BCUT2D eigenvalue weighted by molar-refractivity contribution is 0.137. The van der Waals surface area contributed by atoms with Crippen LogP contribution in [0.25, 0.3) is 0 Å². The fourth-order valence-corrected chi connectivity index (χ4v) is 0.790. The number of hydrogen-bond acceptors (Lipinski definition) is 2. The average molecular weight is 103 g/mol. The molecule has 1 saturated carbocycles. The van der Waals surface area contributed by atoms with Gasteiger partial charge in [0.15, 0.2) is 0 Å². The number of aliphatic hydroxyl groups excluding tert-OH is 2. The van der Waals surface area contributed by atoms with Crippen LogP contribution in [0.5, 0.6) is 0 Å². The van der Waals surface area contributed by atoms with E-state index >= 15 is 0 Å². The molecule has 2 unspecified atom stereocenters. The molecule has 0 aromatic rings. The summed E-state index contributed by atoms with van der Waals surface area (Å²) in [4.78, 5) is 0. The highest BCUT2D eigenvalue weighted by molar-refractivity contribution is 4.72. The van der Waals surface area contributed by atoms with Crippen LogP contribution in [0, 0.1) is 0 Å². The summed E-state index contributed by atoms with van der Waals surface area (Å²) in [6.07, 6.45) is -0.685. The first-order valence-electron chi connectivity index (χ1n) is 3.08. The summed E-state index contributed by atoms with van der Waals surface area (Å²) in [7, 11) is 0. The van der Waals surface area contributed by atoms with Crippen LogP contribution < -0.4 is 0 Å². The van der Waals surface area contributed by atoms with Crippen molar-refractivity contribution in [2.75, 3.05) is 0 Å². The summed E-state index contributed by atoms with van der Waals surface area (Å²) in [5, 5.41) is 17.6. The first kappa shape index (κ1) is 3.87. The lowest BCUT2D eigenvalue weighted by atomic mass is 10.3. The van der Waals surface area contributed by atoms with E-state index in [0.717, 1.165) is 0 Å². The lowest BCUT2D eigenvalue weighted by Gasteiger charge is -1.95. The Morgan fingerprint density at radius 2 is 1.71 bits per heavy atom. The van der Waals surface area contributed by atoms with Crippen LogP contribution in [0.2, 0.25) is 0 Å². The molecular weight excluding hydrogens is 92.1 g/mol. The molecule has 0 spiro atoms. The van der Waals surface area contributed by atoms with Crippen LogP contribution in [0.1, 0.15) is 20.6 Å². The molecule has 0 amide bonds. The van der Waals surface area contributed by atoms with Crippen molar-refractivity contribution < 1.29 is 11.6 Å². The van der Waals surface area contributed by atoms with Crippen molar-refractivity contribution in [1.82, 2.24) is 0 Å². The van der Waals surface area contributed by atoms with Gasteiger partial charge >= 0.3 is 0 Å². The van der Waals surface area contributed by atoms with Gasteiger partial charge in [-0.3, -0.25) is 0 Å². The predicted octanol–water partition coefficient (Wildman–Crippen LogP) is -0.108. The van der Waals surface area contributed by atoms with Gasteiger partial charge in [0.2, 0.25) is 0 Å². The van der Waals surface area contributed by atoms with Crippen molar-refractivity contribution in [3.63, 3.8) is 0 Å². The molecule has 0 aromatic carbocycles. The Hall–Kier alpha value is -0.0800. The second kappa shape index (κ2) is 1.80. The maximum Gasteiger partial charge on any atom is 0.0565 e. The topological polar surface area (TPSA) is 40.5 Å². The van der Waals surface area contributed by atoms with Crippen LogP contribution in [0.3, 0.4) is 0 Å². The van der Waals surface area contributed by atoms with E-state index in [1.807, 2.05) is 0 Å². The fraction of sp³-hybridized carbons (Fsp3) is 1.00. The molecule has 1 aliphatic carbocycles. The zero-order chi connectivity index (χ0) is 6.15. The Balaban J connectivity index is 2.44. The summed E-state index contributed by atoms with van der Waals surface area (Å²) in [6, 6.07) is 0. The van der Waals surface area contributed by atoms with Crippen molar-refractivity contribution >= 4 is 0 Å². The molecule has 2 N–H and O–H groups in total. The monoisotopic (exact) mass is 103 g/mol. The molecule has 0 aliphatic heterocycles. The van der Waals surface area contributed by atoms with E-state index in [0.29, 0.717) is 12.8 Å². The molecule has 0 bridgehead atoms. The molecule has 1 rings (SSSR count). The van der Waals surface area contributed by atoms with E-state index in [1.54, 1.807) is 0 Å². The maximum atomic E-state index is 8.82. The van der Waals surface area contributed by atoms with Gasteiger partial charge in [0.05, 0.1) is 12.2 Å². The third-order valence-electron chi connectivity index (χ3n) is 1.20. The summed E-state index contributed by atoms with van der Waals surface area (Å²) in [5.41, 5.74) is 0. The van der Waals surface area contributed by atoms with E-state index in [1.165, 1.54) is 0 Å². The van der Waals surface area contributed by atoms with Crippen molar-refractivity contribution in [1.29, 1.82) is 0 Å². The molecule has 7 heavy (non-hydrogen) atoms. The van der Waals surface area contributed by atoms with Crippen LogP contribution in [0.15, 0.2) is 0 Å². The number of hydrogen-bond donors (Lipinski definition) is 2. The first-order chi connectivity index (χ1) is 3.72. The quantitative estimate of drug-likeness (QED) is 0.449. The Kier molecular flexibility index (Phi) is 0.995. The van der Waals surface area contributed by atoms with E-state index in [9.17, 15) is 0 Å². The van der Waals surface area contributed by atoms with E-state index in [4.69, 9.17) is 11.6 Å². The van der Waals surface area contributed by atoms with Gasteiger partial charge < -0.3 is 10.2 Å². The Morgan fingerprint density at radius 1 is 1.29 bits per heavy atom. The van der Waals surface area contributed by atoms with Gasteiger partial charge in [0.25, 0.3) is 0 Å². The van der Waals surface area contributed by atoms with Gasteiger partial charge in [-0.2, -0.15) is 0 Å². The average Bonchev–Trinajstić information content (AvgIpc) is 1.98. The van der Waals surface area contributed by atoms with Gasteiger partial charge in [-0.25, -0.2) is 0 Å². The maximum absolute atomic E-state index is 8.82. The zero-order valence-electron chi connectivity index (χ0n) is 5.04. The van der Waals surface area contributed by atoms with Crippen molar-refractivity contribution in [2.24, 2.45) is 0 Å². The molecule has 0 aromatic heterocycles. The van der Waals surface area contributed by atoms with Crippen LogP contribution in [-0.2, 0) is 0 Å². The van der Waals surface area contributed by atoms with E-state index < -0.39 is 18.6 Å². The van der Waals surface area contributed by atoms with E-state index in [2.05, 4.69) is 0 Å². The van der Waals surface area contributed by atoms with Crippen molar-refractivity contribution in [3.8, 4) is 0 Å². The molecule has 42 valence electrons. The summed E-state index contributed by atoms with van der Waals surface area (Å²) < 4.78 is 7.04. The summed E-state index contributed by atoms with van der Waals surface area (Å²) in [5.74, 6) is 0. The van der Waals surface area contributed by atoms with Gasteiger partial charge in [-0.15, -0.1) is 0 Å². The van der Waals surface area contributed by atoms with Gasteiger partial charge in [0.1, 0.15) is 0 Å². The Morgan fingerprint density at radius 3 is 1.86 bits per heavy atom. The molecule has 2 nitrogen and oxygen atoms in total. The molecule has 0 saturated heterocycles. The second-order valence-electron chi connectivity index (χ2n) is 1.90. The Labute approximate surface area is 44.2 Å². The van der Waals surface area contributed by atoms with Gasteiger partial charge in [0, 0.05) is 1.37 Å². The van der Waals surface area contributed by atoms with Gasteiger partial charge in [-0.1, -0.05) is 0 Å². The smallest absolute Gasteiger partial charge is 0.0565 e. The molecule has 2 atom stereocenters. The number of rotatable bonds is 0. The predicted molar refractivity (Wildman–Crippen MR) is 25.9 cm³/mol. The highest BCUT2D eigenvalue weighted by Gasteiger charge is 2.19. The summed E-state index contributed by atoms with van der Waals surface area (Å²) in [6.45, 7) is 0. The van der Waals surface area contributed by atoms with Gasteiger partial charge in [-0.05, 0) is 19.2 Å². The molecule has 1 aliphatic rings. The third-order valence-corrected chi connectivity index (χ3v) is 1.20. The largest absolute Gasteiger partial charge is 0.393 e. The minimum Gasteiger partial charge on any atom is -0.393 e. The summed E-state index contributed by atoms with van der Waals surface area (Å²) >= 11 is 0. The normalized spacial score (nSPS) is 54.6. The zero-order valence-corrected chi connectivity index (χ0v) is 4.04. The van der Waals surface area contributed by atoms with Crippen molar-refractivity contribution in [3.05, 3.63) is 0 Å². The standard InChI is InChI=1S/C5H10O2/c6-4-1-2-5(7)3-4/h4-7H,1-3H2/i3D. The molecule has 2 heteroatoms. The SMILES string of the molecule is [2H]C1C(O)CCC1O. The highest BCUT2D eigenvalue weighted by Crippen LogP contribution is 2.17. The van der Waals surface area contributed by atoms with Crippen molar-refractivity contribution in [2.45, 2.75) is 31.4 Å². The van der Waals surface area contributed by atoms with Crippen LogP contribution >= 0.6 is 0 Å². The van der Waals surface area contributed by atoms with Crippen LogP contribution in [-0.4, -0.2) is 22.4 Å². The lowest BCUT2D eigenvalue weighted by Crippen LogP contribution is -2.02. The molecular formula is C5H10O2. The third kappa shape index (κ3) is 1.14. The Bertz CT molecular complexity index is 76.5. The van der Waals surface area contributed by atoms with Crippen LogP contribution in [0.4, 0.5) is 0 Å². The minimum atomic E-state index is -0.657. The highest BCUT2D eigenvalue weighted by atomic mass is 16.3. The fourth-order valence-electron chi connectivity index (χ4n) is 0.790. The minimum absolute atomic E-state index is 0.579. The number of aliphatic hydroxyl groups is 2. The van der Waals surface area contributed by atoms with E-state index in [-0.39, 0.29) is 0 Å². The molecule has 0 heterocycles. The molecule has 0 radical (unpaired) electrons. The molecule has 1 fully saturated rings. The first-order valence-corrected chi connectivity index (χ1v) is 2.50.